The van der Waals surface area contributed by atoms with E-state index in [4.69, 9.17) is 0 Å². The molecule has 0 radical (unpaired) electrons. The number of fused-ring (bicyclic) bond motifs is 1. The van der Waals surface area contributed by atoms with Gasteiger partial charge in [-0.2, -0.15) is 0 Å². The zero-order chi connectivity index (χ0) is 13.9. The third kappa shape index (κ3) is 2.51. The normalized spacial score (nSPS) is 10.7. The van der Waals surface area contributed by atoms with Crippen LogP contribution in [0, 0.1) is 5.82 Å². The van der Waals surface area contributed by atoms with E-state index in [0.29, 0.717) is 23.0 Å². The minimum absolute atomic E-state index is 0.238. The molecule has 5 heteroatoms. The molecule has 2 N–H and O–H groups in total. The Bertz CT molecular complexity index is 753. The third-order valence-electron chi connectivity index (χ3n) is 3.01. The van der Waals surface area contributed by atoms with Gasteiger partial charge in [-0.1, -0.05) is 0 Å². The van der Waals surface area contributed by atoms with Gasteiger partial charge in [0, 0.05) is 23.5 Å². The molecule has 0 aliphatic carbocycles. The summed E-state index contributed by atoms with van der Waals surface area (Å²) >= 11 is 0. The maximum Gasteiger partial charge on any atom is 0.253 e. The summed E-state index contributed by atoms with van der Waals surface area (Å²) in [7, 11) is 0. The number of hydrogen-bond donors (Lipinski definition) is 2. The number of carbonyl (C=O) groups is 1. The molecule has 1 amide bonds. The van der Waals surface area contributed by atoms with Crippen molar-refractivity contribution in [1.82, 2.24) is 15.3 Å². The van der Waals surface area contributed by atoms with Crippen LogP contribution in [0.1, 0.15) is 16.1 Å². The van der Waals surface area contributed by atoms with Crippen LogP contribution in [0.2, 0.25) is 0 Å². The van der Waals surface area contributed by atoms with Gasteiger partial charge < -0.3 is 10.3 Å². The van der Waals surface area contributed by atoms with Gasteiger partial charge in [0.2, 0.25) is 0 Å². The molecule has 0 unspecified atom stereocenters. The van der Waals surface area contributed by atoms with Crippen molar-refractivity contribution in [3.05, 3.63) is 65.9 Å². The summed E-state index contributed by atoms with van der Waals surface area (Å²) in [4.78, 5) is 19.2. The highest BCUT2D eigenvalue weighted by Crippen LogP contribution is 2.14. The van der Waals surface area contributed by atoms with E-state index in [1.807, 2.05) is 12.1 Å². The molecular formula is C15H12FN3O. The van der Waals surface area contributed by atoms with Gasteiger partial charge in [-0.15, -0.1) is 0 Å². The molecule has 0 atom stereocenters. The Kier molecular flexibility index (Phi) is 3.16. The quantitative estimate of drug-likeness (QED) is 0.768. The largest absolute Gasteiger partial charge is 0.364 e. The van der Waals surface area contributed by atoms with Crippen LogP contribution < -0.4 is 5.32 Å². The van der Waals surface area contributed by atoms with Crippen LogP contribution in [-0.2, 0) is 6.54 Å². The van der Waals surface area contributed by atoms with Crippen molar-refractivity contribution in [2.75, 3.05) is 0 Å². The Hall–Kier alpha value is -2.69. The zero-order valence-electron chi connectivity index (χ0n) is 10.6. The Labute approximate surface area is 114 Å². The second-order valence-electron chi connectivity index (χ2n) is 4.44. The fourth-order valence-electron chi connectivity index (χ4n) is 1.98. The maximum absolute atomic E-state index is 13.2. The van der Waals surface area contributed by atoms with Crippen LogP contribution in [0.4, 0.5) is 4.39 Å². The predicted molar refractivity (Wildman–Crippen MR) is 73.7 cm³/mol. The average Bonchev–Trinajstić information content (AvgIpc) is 2.97. The molecule has 0 saturated carbocycles. The minimum Gasteiger partial charge on any atom is -0.364 e. The highest BCUT2D eigenvalue weighted by atomic mass is 19.1. The van der Waals surface area contributed by atoms with E-state index in [9.17, 15) is 9.18 Å². The van der Waals surface area contributed by atoms with Crippen LogP contribution in [0.3, 0.4) is 0 Å². The fourth-order valence-corrected chi connectivity index (χ4v) is 1.98. The number of nitrogens with one attached hydrogen (secondary N) is 2. The summed E-state index contributed by atoms with van der Waals surface area (Å²) in [6.07, 6.45) is 3.28. The number of aromatic nitrogens is 2. The Morgan fingerprint density at radius 1 is 1.30 bits per heavy atom. The molecule has 0 bridgehead atoms. The second-order valence-corrected chi connectivity index (χ2v) is 4.44. The van der Waals surface area contributed by atoms with E-state index < -0.39 is 0 Å². The van der Waals surface area contributed by atoms with Crippen LogP contribution in [0.25, 0.3) is 10.9 Å². The first-order chi connectivity index (χ1) is 9.72. The molecule has 2 aromatic heterocycles. The first-order valence-electron chi connectivity index (χ1n) is 6.18. The van der Waals surface area contributed by atoms with E-state index in [-0.39, 0.29) is 11.7 Å². The number of aromatic amines is 1. The molecule has 3 rings (SSSR count). The summed E-state index contributed by atoms with van der Waals surface area (Å²) in [6.45, 7) is 0.410. The summed E-state index contributed by atoms with van der Waals surface area (Å²) in [6, 6.07) is 9.68. The summed E-state index contributed by atoms with van der Waals surface area (Å²) in [5.74, 6) is -0.582. The number of nitrogens with zero attached hydrogens (tertiary/aromatic N) is 1. The molecule has 2 heterocycles. The third-order valence-corrected chi connectivity index (χ3v) is 3.01. The van der Waals surface area contributed by atoms with Crippen molar-refractivity contribution in [1.29, 1.82) is 0 Å². The highest BCUT2D eigenvalue weighted by molar-refractivity contribution is 5.97. The van der Waals surface area contributed by atoms with Crippen LogP contribution in [-0.4, -0.2) is 15.9 Å². The summed E-state index contributed by atoms with van der Waals surface area (Å²) in [5.41, 5.74) is 1.99. The number of hydrogen-bond acceptors (Lipinski definition) is 2. The van der Waals surface area contributed by atoms with E-state index in [1.54, 1.807) is 18.3 Å². The summed E-state index contributed by atoms with van der Waals surface area (Å²) in [5, 5.41) is 3.39. The van der Waals surface area contributed by atoms with Crippen molar-refractivity contribution in [3.63, 3.8) is 0 Å². The molecular weight excluding hydrogens is 257 g/mol. The van der Waals surface area contributed by atoms with Crippen molar-refractivity contribution in [2.24, 2.45) is 0 Å². The Balaban J connectivity index is 1.80. The predicted octanol–water partition coefficient (Wildman–Crippen LogP) is 2.63. The lowest BCUT2D eigenvalue weighted by Gasteiger charge is -2.05. The fraction of sp³-hybridized carbons (Fsp3) is 0.0667. The lowest BCUT2D eigenvalue weighted by molar-refractivity contribution is 0.0950. The van der Waals surface area contributed by atoms with E-state index in [1.165, 1.54) is 18.3 Å². The van der Waals surface area contributed by atoms with E-state index in [2.05, 4.69) is 15.3 Å². The van der Waals surface area contributed by atoms with Crippen molar-refractivity contribution in [2.45, 2.75) is 6.54 Å². The highest BCUT2D eigenvalue weighted by Gasteiger charge is 2.07. The van der Waals surface area contributed by atoms with Gasteiger partial charge in [-0.05, 0) is 36.4 Å². The van der Waals surface area contributed by atoms with Crippen molar-refractivity contribution < 1.29 is 9.18 Å². The molecule has 1 aromatic carbocycles. The van der Waals surface area contributed by atoms with Crippen LogP contribution in [0.5, 0.6) is 0 Å². The van der Waals surface area contributed by atoms with Gasteiger partial charge in [0.05, 0.1) is 17.6 Å². The number of H-pyrrole nitrogens is 1. The SMILES string of the molecule is O=C(NCc1ccc[nH]1)c1cnc2ccc(F)cc2c1. The molecule has 100 valence electrons. The van der Waals surface area contributed by atoms with E-state index >= 15 is 0 Å². The van der Waals surface area contributed by atoms with Gasteiger partial charge in [0.25, 0.3) is 5.91 Å². The lowest BCUT2D eigenvalue weighted by atomic mass is 10.1. The van der Waals surface area contributed by atoms with Gasteiger partial charge in [0.1, 0.15) is 5.82 Å². The van der Waals surface area contributed by atoms with Gasteiger partial charge in [0.15, 0.2) is 0 Å². The van der Waals surface area contributed by atoms with Crippen LogP contribution in [0.15, 0.2) is 48.8 Å². The first-order valence-corrected chi connectivity index (χ1v) is 6.18. The molecule has 0 aliphatic heterocycles. The van der Waals surface area contributed by atoms with E-state index in [0.717, 1.165) is 5.69 Å². The average molecular weight is 269 g/mol. The van der Waals surface area contributed by atoms with Crippen molar-refractivity contribution >= 4 is 16.8 Å². The lowest BCUT2D eigenvalue weighted by Crippen LogP contribution is -2.23. The number of halogens is 1. The zero-order valence-corrected chi connectivity index (χ0v) is 10.6. The number of rotatable bonds is 3. The smallest absolute Gasteiger partial charge is 0.253 e. The van der Waals surface area contributed by atoms with Gasteiger partial charge in [-0.25, -0.2) is 4.39 Å². The number of benzene rings is 1. The molecule has 3 aromatic rings. The van der Waals surface area contributed by atoms with Crippen LogP contribution >= 0.6 is 0 Å². The van der Waals surface area contributed by atoms with Gasteiger partial charge in [-0.3, -0.25) is 9.78 Å². The molecule has 4 nitrogen and oxygen atoms in total. The molecule has 0 aliphatic rings. The molecule has 0 saturated heterocycles. The second kappa shape index (κ2) is 5.13. The maximum atomic E-state index is 13.2. The Morgan fingerprint density at radius 2 is 2.20 bits per heavy atom. The first kappa shape index (κ1) is 12.3. The topological polar surface area (TPSA) is 57.8 Å². The number of pyridine rings is 1. The number of carbonyl (C=O) groups excluding carboxylic acids is 1. The molecule has 0 fully saturated rings. The summed E-state index contributed by atoms with van der Waals surface area (Å²) < 4.78 is 13.2. The monoisotopic (exact) mass is 269 g/mol. The Morgan fingerprint density at radius 3 is 3.00 bits per heavy atom. The molecule has 0 spiro atoms. The molecule has 20 heavy (non-hydrogen) atoms. The standard InChI is InChI=1S/C15H12FN3O/c16-12-3-4-14-10(7-12)6-11(8-18-14)15(20)19-9-13-2-1-5-17-13/h1-8,17H,9H2,(H,19,20). The minimum atomic E-state index is -0.344. The number of amides is 1. The van der Waals surface area contributed by atoms with Crippen molar-refractivity contribution in [3.8, 4) is 0 Å². The van der Waals surface area contributed by atoms with Gasteiger partial charge >= 0.3 is 0 Å².